The van der Waals surface area contributed by atoms with Crippen molar-refractivity contribution in [2.75, 3.05) is 40.4 Å². The van der Waals surface area contributed by atoms with E-state index in [4.69, 9.17) is 14.0 Å². The molecule has 0 radical (unpaired) electrons. The Hall–Kier alpha value is -2.61. The summed E-state index contributed by atoms with van der Waals surface area (Å²) in [4.78, 5) is 21.1. The molecule has 0 saturated carbocycles. The van der Waals surface area contributed by atoms with E-state index in [1.54, 1.807) is 32.4 Å². The van der Waals surface area contributed by atoms with E-state index in [0.717, 1.165) is 25.3 Å². The number of rotatable bonds is 6. The summed E-state index contributed by atoms with van der Waals surface area (Å²) in [5, 5.41) is 3.91. The van der Waals surface area contributed by atoms with Gasteiger partial charge in [-0.3, -0.25) is 9.69 Å². The molecule has 26 heavy (non-hydrogen) atoms. The van der Waals surface area contributed by atoms with Crippen LogP contribution in [0.1, 0.15) is 29.0 Å². The normalized spacial score (nSPS) is 15.1. The van der Waals surface area contributed by atoms with Gasteiger partial charge >= 0.3 is 0 Å². The maximum Gasteiger partial charge on any atom is 0.254 e. The van der Waals surface area contributed by atoms with Crippen LogP contribution in [-0.4, -0.2) is 66.2 Å². The Morgan fingerprint density at radius 1 is 1.15 bits per heavy atom. The lowest BCUT2D eigenvalue weighted by molar-refractivity contribution is 0.0614. The number of methoxy groups -OCH3 is 2. The van der Waals surface area contributed by atoms with Crippen molar-refractivity contribution in [1.29, 1.82) is 0 Å². The summed E-state index contributed by atoms with van der Waals surface area (Å²) in [7, 11) is 3.14. The molecule has 0 bridgehead atoms. The Balaban J connectivity index is 1.58. The van der Waals surface area contributed by atoms with E-state index >= 15 is 0 Å². The first-order valence-electron chi connectivity index (χ1n) is 8.69. The molecule has 1 aliphatic rings. The van der Waals surface area contributed by atoms with Crippen molar-refractivity contribution in [3.05, 3.63) is 35.5 Å². The van der Waals surface area contributed by atoms with Gasteiger partial charge in [-0.1, -0.05) is 12.1 Å². The quantitative estimate of drug-likeness (QED) is 0.774. The number of benzene rings is 1. The molecule has 3 rings (SSSR count). The second kappa shape index (κ2) is 8.18. The summed E-state index contributed by atoms with van der Waals surface area (Å²) in [6, 6.07) is 5.24. The summed E-state index contributed by atoms with van der Waals surface area (Å²) >= 11 is 0. The molecule has 1 aromatic heterocycles. The topological polar surface area (TPSA) is 80.9 Å². The number of amides is 1. The van der Waals surface area contributed by atoms with E-state index in [2.05, 4.69) is 15.0 Å². The standard InChI is InChI=1S/C18H24N4O4/c1-4-16-19-17(26-20-16)12-21-7-9-22(10-8-21)18(23)13-5-6-14(24-2)15(11-13)25-3/h5-6,11H,4,7-10,12H2,1-3H3. The molecule has 2 heterocycles. The maximum absolute atomic E-state index is 12.7. The molecule has 1 fully saturated rings. The van der Waals surface area contributed by atoms with Crippen LogP contribution in [0.25, 0.3) is 0 Å². The second-order valence-corrected chi connectivity index (χ2v) is 6.10. The first-order valence-corrected chi connectivity index (χ1v) is 8.69. The molecular weight excluding hydrogens is 336 g/mol. The number of piperazine rings is 1. The van der Waals surface area contributed by atoms with Crippen LogP contribution in [0.2, 0.25) is 0 Å². The van der Waals surface area contributed by atoms with E-state index < -0.39 is 0 Å². The molecule has 0 N–H and O–H groups in total. The molecule has 8 heteroatoms. The van der Waals surface area contributed by atoms with E-state index in [0.29, 0.717) is 42.6 Å². The van der Waals surface area contributed by atoms with Crippen LogP contribution in [0.15, 0.2) is 22.7 Å². The van der Waals surface area contributed by atoms with Crippen LogP contribution in [0.5, 0.6) is 11.5 Å². The smallest absolute Gasteiger partial charge is 0.254 e. The zero-order chi connectivity index (χ0) is 18.5. The first kappa shape index (κ1) is 18.2. The largest absolute Gasteiger partial charge is 0.493 e. The number of aryl methyl sites for hydroxylation is 1. The van der Waals surface area contributed by atoms with Crippen LogP contribution in [0, 0.1) is 0 Å². The number of hydrogen-bond acceptors (Lipinski definition) is 7. The van der Waals surface area contributed by atoms with Gasteiger partial charge in [-0.15, -0.1) is 0 Å². The molecule has 2 aromatic rings. The third-order valence-corrected chi connectivity index (χ3v) is 4.48. The molecule has 1 saturated heterocycles. The second-order valence-electron chi connectivity index (χ2n) is 6.10. The summed E-state index contributed by atoms with van der Waals surface area (Å²) in [6.45, 7) is 5.45. The molecule has 8 nitrogen and oxygen atoms in total. The highest BCUT2D eigenvalue weighted by atomic mass is 16.5. The predicted octanol–water partition coefficient (Wildman–Crippen LogP) is 1.61. The Bertz CT molecular complexity index is 753. The van der Waals surface area contributed by atoms with Crippen LogP contribution in [0.3, 0.4) is 0 Å². The van der Waals surface area contributed by atoms with Gasteiger partial charge < -0.3 is 18.9 Å². The average Bonchev–Trinajstić information content (AvgIpc) is 3.15. The number of ether oxygens (including phenoxy) is 2. The van der Waals surface area contributed by atoms with Gasteiger partial charge in [0, 0.05) is 38.2 Å². The SMILES string of the molecule is CCc1noc(CN2CCN(C(=O)c3ccc(OC)c(OC)c3)CC2)n1. The third kappa shape index (κ3) is 3.96. The predicted molar refractivity (Wildman–Crippen MR) is 94.4 cm³/mol. The minimum atomic E-state index is -0.00309. The monoisotopic (exact) mass is 360 g/mol. The van der Waals surface area contributed by atoms with Gasteiger partial charge in [-0.2, -0.15) is 4.98 Å². The lowest BCUT2D eigenvalue weighted by atomic mass is 10.1. The van der Waals surface area contributed by atoms with E-state index in [9.17, 15) is 4.79 Å². The Kier molecular flexibility index (Phi) is 5.72. The van der Waals surface area contributed by atoms with Crippen LogP contribution in [0.4, 0.5) is 0 Å². The number of carbonyl (C=O) groups excluding carboxylic acids is 1. The number of hydrogen-bond donors (Lipinski definition) is 0. The van der Waals surface area contributed by atoms with Gasteiger partial charge in [0.25, 0.3) is 5.91 Å². The fourth-order valence-corrected chi connectivity index (χ4v) is 2.95. The lowest BCUT2D eigenvalue weighted by Gasteiger charge is -2.34. The highest BCUT2D eigenvalue weighted by Crippen LogP contribution is 2.28. The zero-order valence-electron chi connectivity index (χ0n) is 15.4. The molecule has 0 unspecified atom stereocenters. The van der Waals surface area contributed by atoms with Gasteiger partial charge in [0.05, 0.1) is 20.8 Å². The van der Waals surface area contributed by atoms with Crippen LogP contribution < -0.4 is 9.47 Å². The maximum atomic E-state index is 12.7. The molecule has 140 valence electrons. The van der Waals surface area contributed by atoms with Crippen molar-refractivity contribution in [2.24, 2.45) is 0 Å². The molecular formula is C18H24N4O4. The van der Waals surface area contributed by atoms with Crippen LogP contribution >= 0.6 is 0 Å². The first-order chi connectivity index (χ1) is 12.6. The summed E-state index contributed by atoms with van der Waals surface area (Å²) in [6.07, 6.45) is 0.761. The van der Waals surface area contributed by atoms with E-state index in [-0.39, 0.29) is 5.91 Å². The zero-order valence-corrected chi connectivity index (χ0v) is 15.4. The fourth-order valence-electron chi connectivity index (χ4n) is 2.95. The van der Waals surface area contributed by atoms with Gasteiger partial charge in [0.15, 0.2) is 17.3 Å². The highest BCUT2D eigenvalue weighted by molar-refractivity contribution is 5.95. The summed E-state index contributed by atoms with van der Waals surface area (Å²) < 4.78 is 15.7. The molecule has 0 atom stereocenters. The number of aromatic nitrogens is 2. The fraction of sp³-hybridized carbons (Fsp3) is 0.500. The molecule has 1 amide bonds. The van der Waals surface area contributed by atoms with E-state index in [1.165, 1.54) is 0 Å². The van der Waals surface area contributed by atoms with E-state index in [1.807, 2.05) is 11.8 Å². The van der Waals surface area contributed by atoms with Crippen LogP contribution in [-0.2, 0) is 13.0 Å². The van der Waals surface area contributed by atoms with Gasteiger partial charge in [-0.05, 0) is 18.2 Å². The third-order valence-electron chi connectivity index (χ3n) is 4.48. The minimum Gasteiger partial charge on any atom is -0.493 e. The minimum absolute atomic E-state index is 0.00309. The molecule has 1 aliphatic heterocycles. The molecule has 0 spiro atoms. The van der Waals surface area contributed by atoms with Crippen molar-refractivity contribution >= 4 is 5.91 Å². The molecule has 1 aromatic carbocycles. The Labute approximate surface area is 152 Å². The number of nitrogens with zero attached hydrogens (tertiary/aromatic N) is 4. The van der Waals surface area contributed by atoms with Gasteiger partial charge in [-0.25, -0.2) is 0 Å². The van der Waals surface area contributed by atoms with Crippen molar-refractivity contribution in [1.82, 2.24) is 19.9 Å². The van der Waals surface area contributed by atoms with Crippen molar-refractivity contribution in [3.63, 3.8) is 0 Å². The van der Waals surface area contributed by atoms with Crippen molar-refractivity contribution < 1.29 is 18.8 Å². The average molecular weight is 360 g/mol. The molecule has 0 aliphatic carbocycles. The van der Waals surface area contributed by atoms with Gasteiger partial charge in [0.2, 0.25) is 5.89 Å². The van der Waals surface area contributed by atoms with Gasteiger partial charge in [0.1, 0.15) is 0 Å². The highest BCUT2D eigenvalue weighted by Gasteiger charge is 2.24. The summed E-state index contributed by atoms with van der Waals surface area (Å²) in [5.74, 6) is 2.51. The Morgan fingerprint density at radius 2 is 1.88 bits per heavy atom. The van der Waals surface area contributed by atoms with Crippen molar-refractivity contribution in [3.8, 4) is 11.5 Å². The number of carbonyl (C=O) groups is 1. The lowest BCUT2D eigenvalue weighted by Crippen LogP contribution is -2.48. The van der Waals surface area contributed by atoms with Crippen molar-refractivity contribution in [2.45, 2.75) is 19.9 Å². The summed E-state index contributed by atoms with van der Waals surface area (Å²) in [5.41, 5.74) is 0.598. The Morgan fingerprint density at radius 3 is 2.50 bits per heavy atom.